The lowest BCUT2D eigenvalue weighted by Gasteiger charge is -2.09. The second-order valence-electron chi connectivity index (χ2n) is 4.37. The number of hydrogen-bond donors (Lipinski definition) is 0. The molecule has 0 spiro atoms. The Bertz CT molecular complexity index is 665. The van der Waals surface area contributed by atoms with Gasteiger partial charge >= 0.3 is 0 Å². The normalized spacial score (nSPS) is 10.6. The molecule has 0 unspecified atom stereocenters. The van der Waals surface area contributed by atoms with Gasteiger partial charge in [0.05, 0.1) is 4.47 Å². The molecule has 0 aliphatic heterocycles. The Labute approximate surface area is 128 Å². The van der Waals surface area contributed by atoms with Gasteiger partial charge in [-0.15, -0.1) is 0 Å². The van der Waals surface area contributed by atoms with Crippen LogP contribution in [0.2, 0.25) is 0 Å². The van der Waals surface area contributed by atoms with Gasteiger partial charge in [-0.05, 0) is 71.2 Å². The van der Waals surface area contributed by atoms with Crippen molar-refractivity contribution in [3.63, 3.8) is 0 Å². The standard InChI is InChI=1S/C15H11Br2FO/c1-8-6-12(16)9(2)5-11(8)15(19)10-3-4-14(18)13(17)7-10/h3-7H,1-2H3. The fourth-order valence-electron chi connectivity index (χ4n) is 1.82. The topological polar surface area (TPSA) is 17.1 Å². The lowest BCUT2D eigenvalue weighted by Crippen LogP contribution is -2.05. The molecule has 0 aliphatic rings. The second-order valence-corrected chi connectivity index (χ2v) is 6.08. The minimum Gasteiger partial charge on any atom is -0.289 e. The molecule has 0 heterocycles. The maximum atomic E-state index is 13.2. The molecule has 0 fully saturated rings. The largest absolute Gasteiger partial charge is 0.289 e. The van der Waals surface area contributed by atoms with Crippen LogP contribution < -0.4 is 0 Å². The number of carbonyl (C=O) groups excluding carboxylic acids is 1. The minimum atomic E-state index is -0.375. The first kappa shape index (κ1) is 14.4. The summed E-state index contributed by atoms with van der Waals surface area (Å²) in [7, 11) is 0. The third-order valence-electron chi connectivity index (χ3n) is 2.93. The zero-order valence-electron chi connectivity index (χ0n) is 10.4. The van der Waals surface area contributed by atoms with Crippen molar-refractivity contribution in [3.05, 3.63) is 67.3 Å². The molecule has 19 heavy (non-hydrogen) atoms. The van der Waals surface area contributed by atoms with E-state index < -0.39 is 0 Å². The third-order valence-corrected chi connectivity index (χ3v) is 4.39. The molecule has 1 nitrogen and oxygen atoms in total. The number of carbonyl (C=O) groups is 1. The van der Waals surface area contributed by atoms with E-state index in [4.69, 9.17) is 0 Å². The lowest BCUT2D eigenvalue weighted by molar-refractivity contribution is 0.103. The van der Waals surface area contributed by atoms with Crippen molar-refractivity contribution in [1.82, 2.24) is 0 Å². The summed E-state index contributed by atoms with van der Waals surface area (Å²) in [5, 5.41) is 0. The van der Waals surface area contributed by atoms with Gasteiger partial charge in [0.15, 0.2) is 5.78 Å². The Hall–Kier alpha value is -1.000. The third kappa shape index (κ3) is 2.95. The number of halogens is 3. The van der Waals surface area contributed by atoms with Gasteiger partial charge in [0.1, 0.15) is 5.82 Å². The summed E-state index contributed by atoms with van der Waals surface area (Å²) in [4.78, 5) is 12.4. The molecule has 0 atom stereocenters. The highest BCUT2D eigenvalue weighted by atomic mass is 79.9. The highest BCUT2D eigenvalue weighted by molar-refractivity contribution is 9.10. The lowest BCUT2D eigenvalue weighted by atomic mass is 9.97. The van der Waals surface area contributed by atoms with Crippen LogP contribution in [0.1, 0.15) is 27.0 Å². The predicted molar refractivity (Wildman–Crippen MR) is 81.1 cm³/mol. The van der Waals surface area contributed by atoms with Gasteiger partial charge < -0.3 is 0 Å². The van der Waals surface area contributed by atoms with E-state index in [1.807, 2.05) is 26.0 Å². The first-order chi connectivity index (χ1) is 8.90. The molecule has 0 radical (unpaired) electrons. The molecule has 0 aliphatic carbocycles. The zero-order chi connectivity index (χ0) is 14.2. The quantitative estimate of drug-likeness (QED) is 0.649. The van der Waals surface area contributed by atoms with Crippen LogP contribution >= 0.6 is 31.9 Å². The molecule has 2 aromatic rings. The van der Waals surface area contributed by atoms with E-state index in [1.54, 1.807) is 0 Å². The molecule has 0 N–H and O–H groups in total. The molecular weight excluding hydrogens is 375 g/mol. The van der Waals surface area contributed by atoms with Crippen LogP contribution in [0.25, 0.3) is 0 Å². The Balaban J connectivity index is 2.49. The Morgan fingerprint density at radius 2 is 1.68 bits per heavy atom. The van der Waals surface area contributed by atoms with Gasteiger partial charge in [0.2, 0.25) is 0 Å². The minimum absolute atomic E-state index is 0.103. The van der Waals surface area contributed by atoms with E-state index in [-0.39, 0.29) is 11.6 Å². The molecule has 98 valence electrons. The summed E-state index contributed by atoms with van der Waals surface area (Å²) in [6.07, 6.45) is 0. The molecule has 0 saturated heterocycles. The maximum absolute atomic E-state index is 13.2. The van der Waals surface area contributed by atoms with E-state index in [9.17, 15) is 9.18 Å². The fourth-order valence-corrected chi connectivity index (χ4v) is 2.66. The smallest absolute Gasteiger partial charge is 0.193 e. The van der Waals surface area contributed by atoms with Gasteiger partial charge in [-0.25, -0.2) is 4.39 Å². The van der Waals surface area contributed by atoms with Crippen molar-refractivity contribution < 1.29 is 9.18 Å². The van der Waals surface area contributed by atoms with Crippen LogP contribution in [0.4, 0.5) is 4.39 Å². The first-order valence-corrected chi connectivity index (χ1v) is 7.25. The first-order valence-electron chi connectivity index (χ1n) is 5.66. The molecule has 2 rings (SSSR count). The summed E-state index contributed by atoms with van der Waals surface area (Å²) in [5.74, 6) is -0.478. The highest BCUT2D eigenvalue weighted by Crippen LogP contribution is 2.24. The summed E-state index contributed by atoms with van der Waals surface area (Å²) in [5.41, 5.74) is 3.00. The average molecular weight is 386 g/mol. The summed E-state index contributed by atoms with van der Waals surface area (Å²) in [6.45, 7) is 3.82. The molecule has 2 aromatic carbocycles. The van der Waals surface area contributed by atoms with E-state index in [0.29, 0.717) is 15.6 Å². The van der Waals surface area contributed by atoms with Crippen LogP contribution in [0.15, 0.2) is 39.3 Å². The summed E-state index contributed by atoms with van der Waals surface area (Å²) in [6, 6.07) is 8.06. The van der Waals surface area contributed by atoms with Crippen molar-refractivity contribution in [3.8, 4) is 0 Å². The van der Waals surface area contributed by atoms with Crippen LogP contribution in [0.5, 0.6) is 0 Å². The fraction of sp³-hybridized carbons (Fsp3) is 0.133. The van der Waals surface area contributed by atoms with E-state index in [2.05, 4.69) is 31.9 Å². The van der Waals surface area contributed by atoms with Gasteiger partial charge in [-0.1, -0.05) is 15.9 Å². The molecule has 0 aromatic heterocycles. The van der Waals surface area contributed by atoms with E-state index >= 15 is 0 Å². The van der Waals surface area contributed by atoms with Crippen molar-refractivity contribution in [2.24, 2.45) is 0 Å². The number of hydrogen-bond acceptors (Lipinski definition) is 1. The van der Waals surface area contributed by atoms with Crippen molar-refractivity contribution in [2.75, 3.05) is 0 Å². The van der Waals surface area contributed by atoms with Crippen LogP contribution in [-0.4, -0.2) is 5.78 Å². The van der Waals surface area contributed by atoms with Gasteiger partial charge in [-0.2, -0.15) is 0 Å². The van der Waals surface area contributed by atoms with Crippen molar-refractivity contribution in [2.45, 2.75) is 13.8 Å². The second kappa shape index (κ2) is 5.55. The van der Waals surface area contributed by atoms with Crippen LogP contribution in [-0.2, 0) is 0 Å². The molecule has 0 bridgehead atoms. The number of ketones is 1. The predicted octanol–water partition coefficient (Wildman–Crippen LogP) is 5.20. The monoisotopic (exact) mass is 384 g/mol. The Morgan fingerprint density at radius 1 is 1.00 bits per heavy atom. The van der Waals surface area contributed by atoms with Gasteiger partial charge in [0, 0.05) is 15.6 Å². The highest BCUT2D eigenvalue weighted by Gasteiger charge is 2.14. The van der Waals surface area contributed by atoms with E-state index in [0.717, 1.165) is 15.6 Å². The van der Waals surface area contributed by atoms with Crippen molar-refractivity contribution in [1.29, 1.82) is 0 Å². The Morgan fingerprint density at radius 3 is 2.32 bits per heavy atom. The van der Waals surface area contributed by atoms with Crippen molar-refractivity contribution >= 4 is 37.6 Å². The molecule has 0 amide bonds. The number of benzene rings is 2. The maximum Gasteiger partial charge on any atom is 0.193 e. The molecule has 4 heteroatoms. The Kier molecular flexibility index (Phi) is 4.21. The zero-order valence-corrected chi connectivity index (χ0v) is 13.6. The van der Waals surface area contributed by atoms with E-state index in [1.165, 1.54) is 18.2 Å². The molecular formula is C15H11Br2FO. The number of rotatable bonds is 2. The van der Waals surface area contributed by atoms with Crippen LogP contribution in [0.3, 0.4) is 0 Å². The van der Waals surface area contributed by atoms with Gasteiger partial charge in [0.25, 0.3) is 0 Å². The summed E-state index contributed by atoms with van der Waals surface area (Å²) >= 11 is 6.54. The average Bonchev–Trinajstić information content (AvgIpc) is 2.36. The SMILES string of the molecule is Cc1cc(C(=O)c2ccc(F)c(Br)c2)c(C)cc1Br. The van der Waals surface area contributed by atoms with Crippen LogP contribution in [0, 0.1) is 19.7 Å². The van der Waals surface area contributed by atoms with Gasteiger partial charge in [-0.3, -0.25) is 4.79 Å². The summed E-state index contributed by atoms with van der Waals surface area (Å²) < 4.78 is 14.5. The molecule has 0 saturated carbocycles. The number of aryl methyl sites for hydroxylation is 2.